The van der Waals surface area contributed by atoms with E-state index in [9.17, 15) is 0 Å². The number of rotatable bonds is 5. The Morgan fingerprint density at radius 2 is 2.17 bits per heavy atom. The Morgan fingerprint density at radius 1 is 1.33 bits per heavy atom. The lowest BCUT2D eigenvalue weighted by Gasteiger charge is -2.13. The highest BCUT2D eigenvalue weighted by molar-refractivity contribution is 5.83. The monoisotopic (exact) mass is 242 g/mol. The lowest BCUT2D eigenvalue weighted by atomic mass is 10.1. The molecule has 1 N–H and O–H groups in total. The third-order valence-corrected chi connectivity index (χ3v) is 4.18. The summed E-state index contributed by atoms with van der Waals surface area (Å²) in [6.45, 7) is 6.62. The molecule has 0 bridgehead atoms. The van der Waals surface area contributed by atoms with Crippen LogP contribution in [0.3, 0.4) is 0 Å². The number of fused-ring (bicyclic) bond motifs is 1. The summed E-state index contributed by atoms with van der Waals surface area (Å²) in [5.74, 6) is 0.939. The Hall–Kier alpha value is -1.28. The lowest BCUT2D eigenvalue weighted by molar-refractivity contribution is 0.478. The third kappa shape index (κ3) is 2.30. The predicted octanol–water partition coefficient (Wildman–Crippen LogP) is 3.34. The van der Waals surface area contributed by atoms with Crippen molar-refractivity contribution in [1.29, 1.82) is 0 Å². The SMILES string of the molecule is Cc1cccc2c1ccn2CCNC(C)C1CC1. The minimum absolute atomic E-state index is 0.688. The highest BCUT2D eigenvalue weighted by Gasteiger charge is 2.27. The van der Waals surface area contributed by atoms with Crippen LogP contribution in [0.15, 0.2) is 30.5 Å². The molecule has 2 nitrogen and oxygen atoms in total. The number of benzene rings is 1. The molecule has 1 aromatic heterocycles. The van der Waals surface area contributed by atoms with Crippen molar-refractivity contribution in [3.05, 3.63) is 36.0 Å². The Labute approximate surface area is 109 Å². The van der Waals surface area contributed by atoms with E-state index < -0.39 is 0 Å². The molecule has 0 aliphatic heterocycles. The van der Waals surface area contributed by atoms with Crippen molar-refractivity contribution in [3.8, 4) is 0 Å². The van der Waals surface area contributed by atoms with Crippen LogP contribution in [0.4, 0.5) is 0 Å². The number of aryl methyl sites for hydroxylation is 1. The van der Waals surface area contributed by atoms with Crippen molar-refractivity contribution in [2.24, 2.45) is 5.92 Å². The number of hydrogen-bond donors (Lipinski definition) is 1. The summed E-state index contributed by atoms with van der Waals surface area (Å²) in [5, 5.41) is 5.02. The van der Waals surface area contributed by atoms with Gasteiger partial charge in [-0.2, -0.15) is 0 Å². The molecule has 0 radical (unpaired) electrons. The number of nitrogens with one attached hydrogen (secondary N) is 1. The molecule has 1 fully saturated rings. The first kappa shape index (κ1) is 11.8. The van der Waals surface area contributed by atoms with Crippen LogP contribution in [0.5, 0.6) is 0 Å². The second-order valence-electron chi connectivity index (χ2n) is 5.60. The summed E-state index contributed by atoms with van der Waals surface area (Å²) in [7, 11) is 0. The zero-order valence-electron chi connectivity index (χ0n) is 11.3. The van der Waals surface area contributed by atoms with Gasteiger partial charge >= 0.3 is 0 Å². The van der Waals surface area contributed by atoms with Gasteiger partial charge in [0.25, 0.3) is 0 Å². The molecule has 1 aliphatic rings. The molecule has 1 atom stereocenters. The van der Waals surface area contributed by atoms with Gasteiger partial charge in [0, 0.05) is 36.2 Å². The second kappa shape index (κ2) is 4.77. The molecule has 1 aromatic carbocycles. The van der Waals surface area contributed by atoms with Crippen LogP contribution in [0.1, 0.15) is 25.3 Å². The van der Waals surface area contributed by atoms with Crippen molar-refractivity contribution in [1.82, 2.24) is 9.88 Å². The molecular weight excluding hydrogens is 220 g/mol. The van der Waals surface area contributed by atoms with Crippen molar-refractivity contribution >= 4 is 10.9 Å². The minimum Gasteiger partial charge on any atom is -0.346 e. The first-order valence-electron chi connectivity index (χ1n) is 7.03. The average molecular weight is 242 g/mol. The maximum absolute atomic E-state index is 3.64. The largest absolute Gasteiger partial charge is 0.346 e. The highest BCUT2D eigenvalue weighted by atomic mass is 15.0. The van der Waals surface area contributed by atoms with Gasteiger partial charge in [0.1, 0.15) is 0 Å². The van der Waals surface area contributed by atoms with Crippen LogP contribution in [0, 0.1) is 12.8 Å². The lowest BCUT2D eigenvalue weighted by Crippen LogP contribution is -2.30. The smallest absolute Gasteiger partial charge is 0.0483 e. The van der Waals surface area contributed by atoms with Crippen LogP contribution in [-0.2, 0) is 6.54 Å². The molecule has 1 unspecified atom stereocenters. The number of hydrogen-bond acceptors (Lipinski definition) is 1. The summed E-state index contributed by atoms with van der Waals surface area (Å²) in [5.41, 5.74) is 2.72. The topological polar surface area (TPSA) is 17.0 Å². The van der Waals surface area contributed by atoms with E-state index in [4.69, 9.17) is 0 Å². The van der Waals surface area contributed by atoms with Crippen molar-refractivity contribution in [2.45, 2.75) is 39.3 Å². The Balaban J connectivity index is 1.65. The van der Waals surface area contributed by atoms with Crippen molar-refractivity contribution in [3.63, 3.8) is 0 Å². The van der Waals surface area contributed by atoms with E-state index in [-0.39, 0.29) is 0 Å². The van der Waals surface area contributed by atoms with Crippen LogP contribution in [0.25, 0.3) is 10.9 Å². The fraction of sp³-hybridized carbons (Fsp3) is 0.500. The Bertz CT molecular complexity index is 537. The van der Waals surface area contributed by atoms with E-state index in [0.29, 0.717) is 6.04 Å². The maximum atomic E-state index is 3.64. The molecule has 2 aromatic rings. The van der Waals surface area contributed by atoms with E-state index in [1.807, 2.05) is 0 Å². The van der Waals surface area contributed by atoms with E-state index in [1.54, 1.807) is 0 Å². The average Bonchev–Trinajstić information content (AvgIpc) is 3.13. The first-order valence-corrected chi connectivity index (χ1v) is 7.03. The van der Waals surface area contributed by atoms with Gasteiger partial charge in [-0.3, -0.25) is 0 Å². The minimum atomic E-state index is 0.688. The molecule has 0 saturated heterocycles. The third-order valence-electron chi connectivity index (χ3n) is 4.18. The fourth-order valence-corrected chi connectivity index (χ4v) is 2.75. The fourth-order valence-electron chi connectivity index (χ4n) is 2.75. The van der Waals surface area contributed by atoms with E-state index >= 15 is 0 Å². The van der Waals surface area contributed by atoms with E-state index in [1.165, 1.54) is 29.3 Å². The molecule has 0 amide bonds. The van der Waals surface area contributed by atoms with Crippen LogP contribution in [0.2, 0.25) is 0 Å². The zero-order chi connectivity index (χ0) is 12.5. The summed E-state index contributed by atoms with van der Waals surface area (Å²) in [6.07, 6.45) is 5.04. The summed E-state index contributed by atoms with van der Waals surface area (Å²) in [4.78, 5) is 0. The second-order valence-corrected chi connectivity index (χ2v) is 5.60. The Morgan fingerprint density at radius 3 is 2.94 bits per heavy atom. The molecule has 0 spiro atoms. The van der Waals surface area contributed by atoms with Crippen LogP contribution in [-0.4, -0.2) is 17.2 Å². The standard InChI is InChI=1S/C16H22N2/c1-12-4-3-5-16-15(12)8-10-18(16)11-9-17-13(2)14-6-7-14/h3-5,8,10,13-14,17H,6-7,9,11H2,1-2H3. The first-order chi connectivity index (χ1) is 8.75. The maximum Gasteiger partial charge on any atom is 0.0483 e. The van der Waals surface area contributed by atoms with E-state index in [2.05, 4.69) is 54.2 Å². The molecule has 1 saturated carbocycles. The molecule has 3 rings (SSSR count). The molecule has 96 valence electrons. The quantitative estimate of drug-likeness (QED) is 0.851. The molecule has 1 aliphatic carbocycles. The number of nitrogens with zero attached hydrogens (tertiary/aromatic N) is 1. The highest BCUT2D eigenvalue weighted by Crippen LogP contribution is 2.32. The summed E-state index contributed by atoms with van der Waals surface area (Å²) >= 11 is 0. The Kier molecular flexibility index (Phi) is 3.13. The van der Waals surface area contributed by atoms with Gasteiger partial charge in [-0.05, 0) is 50.3 Å². The van der Waals surface area contributed by atoms with Gasteiger partial charge in [0.05, 0.1) is 0 Å². The van der Waals surface area contributed by atoms with Crippen LogP contribution >= 0.6 is 0 Å². The molecule has 2 heteroatoms. The van der Waals surface area contributed by atoms with Gasteiger partial charge in [0.15, 0.2) is 0 Å². The molecule has 1 heterocycles. The van der Waals surface area contributed by atoms with Gasteiger partial charge in [-0.25, -0.2) is 0 Å². The van der Waals surface area contributed by atoms with Gasteiger partial charge in [-0.15, -0.1) is 0 Å². The normalized spacial score (nSPS) is 17.2. The van der Waals surface area contributed by atoms with E-state index in [0.717, 1.165) is 19.0 Å². The van der Waals surface area contributed by atoms with Crippen LogP contribution < -0.4 is 5.32 Å². The van der Waals surface area contributed by atoms with Crippen molar-refractivity contribution in [2.75, 3.05) is 6.54 Å². The van der Waals surface area contributed by atoms with Crippen molar-refractivity contribution < 1.29 is 0 Å². The molecular formula is C16H22N2. The van der Waals surface area contributed by atoms with Gasteiger partial charge in [-0.1, -0.05) is 12.1 Å². The van der Waals surface area contributed by atoms with Gasteiger partial charge < -0.3 is 9.88 Å². The predicted molar refractivity (Wildman–Crippen MR) is 76.9 cm³/mol. The summed E-state index contributed by atoms with van der Waals surface area (Å²) in [6, 6.07) is 9.46. The molecule has 18 heavy (non-hydrogen) atoms. The zero-order valence-corrected chi connectivity index (χ0v) is 11.3. The van der Waals surface area contributed by atoms with Gasteiger partial charge in [0.2, 0.25) is 0 Å². The summed E-state index contributed by atoms with van der Waals surface area (Å²) < 4.78 is 2.36. The number of aromatic nitrogens is 1.